The molecule has 1 aliphatic carbocycles. The molecule has 2 atom stereocenters. The van der Waals surface area contributed by atoms with E-state index in [1.54, 1.807) is 30.0 Å². The zero-order chi connectivity index (χ0) is 29.1. The Morgan fingerprint density at radius 3 is 2.29 bits per heavy atom. The van der Waals surface area contributed by atoms with Gasteiger partial charge in [-0.1, -0.05) is 49.2 Å². The summed E-state index contributed by atoms with van der Waals surface area (Å²) in [6.07, 6.45) is 5.70. The number of anilines is 2. The summed E-state index contributed by atoms with van der Waals surface area (Å²) in [6, 6.07) is 17.7. The van der Waals surface area contributed by atoms with Crippen LogP contribution in [0.25, 0.3) is 0 Å². The molecular formula is C33H36F3N3O2. The van der Waals surface area contributed by atoms with Gasteiger partial charge in [-0.15, -0.1) is 0 Å². The van der Waals surface area contributed by atoms with Crippen LogP contribution in [0.2, 0.25) is 0 Å². The summed E-state index contributed by atoms with van der Waals surface area (Å²) in [7, 11) is 0. The van der Waals surface area contributed by atoms with Gasteiger partial charge in [0.25, 0.3) is 11.8 Å². The molecule has 1 saturated heterocycles. The number of hydrogen-bond donors (Lipinski definition) is 2. The maximum absolute atomic E-state index is 14.9. The van der Waals surface area contributed by atoms with Crippen LogP contribution in [0.5, 0.6) is 0 Å². The SMILES string of the molecule is Cc1cccc(F)c1C(=O)N1CCC[C@H](C(=O)Nc2cccc(C(C)(F)F)c2)[C@@H]1c1ccc(NC2CCCC2)cc1. The number of nitrogens with zero attached hydrogens (tertiary/aromatic N) is 1. The van der Waals surface area contributed by atoms with Crippen molar-refractivity contribution in [3.8, 4) is 0 Å². The van der Waals surface area contributed by atoms with Crippen LogP contribution in [-0.2, 0) is 10.7 Å². The summed E-state index contributed by atoms with van der Waals surface area (Å²) >= 11 is 0. The van der Waals surface area contributed by atoms with Gasteiger partial charge in [-0.3, -0.25) is 9.59 Å². The molecule has 1 heterocycles. The van der Waals surface area contributed by atoms with Crippen LogP contribution in [0.1, 0.15) is 78.5 Å². The van der Waals surface area contributed by atoms with Crippen LogP contribution in [0.15, 0.2) is 66.7 Å². The molecule has 3 aromatic carbocycles. The van der Waals surface area contributed by atoms with E-state index < -0.39 is 29.6 Å². The van der Waals surface area contributed by atoms with E-state index in [0.29, 0.717) is 31.0 Å². The van der Waals surface area contributed by atoms with Gasteiger partial charge in [0.05, 0.1) is 17.5 Å². The third kappa shape index (κ3) is 6.42. The van der Waals surface area contributed by atoms with Crippen LogP contribution in [0.4, 0.5) is 24.5 Å². The minimum Gasteiger partial charge on any atom is -0.382 e. The molecule has 0 aromatic heterocycles. The molecule has 0 unspecified atom stereocenters. The summed E-state index contributed by atoms with van der Waals surface area (Å²) in [4.78, 5) is 29.2. The molecule has 2 fully saturated rings. The first-order valence-electron chi connectivity index (χ1n) is 14.3. The van der Waals surface area contributed by atoms with Crippen molar-refractivity contribution in [1.82, 2.24) is 4.90 Å². The molecule has 41 heavy (non-hydrogen) atoms. The zero-order valence-electron chi connectivity index (χ0n) is 23.4. The summed E-state index contributed by atoms with van der Waals surface area (Å²) in [6.45, 7) is 2.87. The van der Waals surface area contributed by atoms with Crippen LogP contribution in [0, 0.1) is 18.7 Å². The third-order valence-electron chi connectivity index (χ3n) is 8.28. The van der Waals surface area contributed by atoms with Gasteiger partial charge in [0.2, 0.25) is 5.91 Å². The second kappa shape index (κ2) is 12.0. The minimum atomic E-state index is -3.05. The van der Waals surface area contributed by atoms with Crippen molar-refractivity contribution >= 4 is 23.2 Å². The van der Waals surface area contributed by atoms with E-state index in [1.165, 1.54) is 37.1 Å². The minimum absolute atomic E-state index is 0.00374. The predicted octanol–water partition coefficient (Wildman–Crippen LogP) is 7.83. The highest BCUT2D eigenvalue weighted by Crippen LogP contribution is 2.39. The summed E-state index contributed by atoms with van der Waals surface area (Å²) in [5.41, 5.74) is 2.31. The standard InChI is InChI=1S/C33H36F3N3O2/c1-21-8-5-14-28(34)29(21)32(41)39-19-7-13-27(31(40)38-26-12-6-9-23(20-26)33(2,35)36)30(39)22-15-17-25(18-16-22)37-24-10-3-4-11-24/h5-6,8-9,12,14-18,20,24,27,30,37H,3-4,7,10-11,13,19H2,1-2H3,(H,38,40)/t27-,30-/m0/s1. The average molecular weight is 564 g/mol. The van der Waals surface area contributed by atoms with Gasteiger partial charge < -0.3 is 15.5 Å². The highest BCUT2D eigenvalue weighted by Gasteiger charge is 2.40. The number of rotatable bonds is 7. The number of nitrogens with one attached hydrogen (secondary N) is 2. The largest absolute Gasteiger partial charge is 0.382 e. The van der Waals surface area contributed by atoms with E-state index in [1.807, 2.05) is 24.3 Å². The fourth-order valence-corrected chi connectivity index (χ4v) is 6.14. The van der Waals surface area contributed by atoms with E-state index in [9.17, 15) is 22.8 Å². The first-order chi connectivity index (χ1) is 19.6. The molecule has 1 aliphatic heterocycles. The molecule has 5 rings (SSSR count). The number of carbonyl (C=O) groups is 2. The van der Waals surface area contributed by atoms with Crippen molar-refractivity contribution in [2.75, 3.05) is 17.2 Å². The van der Waals surface area contributed by atoms with E-state index in [4.69, 9.17) is 0 Å². The van der Waals surface area contributed by atoms with Crippen molar-refractivity contribution in [2.45, 2.75) is 70.4 Å². The quantitative estimate of drug-likeness (QED) is 0.308. The Morgan fingerprint density at radius 2 is 1.61 bits per heavy atom. The van der Waals surface area contributed by atoms with E-state index in [2.05, 4.69) is 10.6 Å². The van der Waals surface area contributed by atoms with Gasteiger partial charge in [0.15, 0.2) is 0 Å². The molecule has 1 saturated carbocycles. The lowest BCUT2D eigenvalue weighted by Crippen LogP contribution is -2.46. The topological polar surface area (TPSA) is 61.4 Å². The summed E-state index contributed by atoms with van der Waals surface area (Å²) < 4.78 is 42.8. The molecule has 0 spiro atoms. The smallest absolute Gasteiger partial charge is 0.270 e. The van der Waals surface area contributed by atoms with E-state index in [0.717, 1.165) is 31.0 Å². The maximum atomic E-state index is 14.9. The fourth-order valence-electron chi connectivity index (χ4n) is 6.14. The van der Waals surface area contributed by atoms with E-state index in [-0.39, 0.29) is 22.7 Å². The lowest BCUT2D eigenvalue weighted by Gasteiger charge is -2.41. The van der Waals surface area contributed by atoms with Gasteiger partial charge in [-0.2, -0.15) is 0 Å². The highest BCUT2D eigenvalue weighted by atomic mass is 19.3. The molecule has 216 valence electrons. The molecule has 2 N–H and O–H groups in total. The number of likely N-dealkylation sites (tertiary alicyclic amines) is 1. The van der Waals surface area contributed by atoms with Crippen LogP contribution in [-0.4, -0.2) is 29.3 Å². The van der Waals surface area contributed by atoms with Crippen LogP contribution < -0.4 is 10.6 Å². The van der Waals surface area contributed by atoms with E-state index >= 15 is 0 Å². The molecule has 2 aliphatic rings. The van der Waals surface area contributed by atoms with Gasteiger partial charge in [-0.25, -0.2) is 13.2 Å². The average Bonchev–Trinajstić information content (AvgIpc) is 3.46. The fraction of sp³-hybridized carbons (Fsp3) is 0.394. The Hall–Kier alpha value is -3.81. The number of carbonyl (C=O) groups excluding carboxylic acids is 2. The lowest BCUT2D eigenvalue weighted by atomic mass is 9.83. The predicted molar refractivity (Wildman–Crippen MR) is 155 cm³/mol. The van der Waals surface area contributed by atoms with Crippen molar-refractivity contribution in [3.63, 3.8) is 0 Å². The number of piperidine rings is 1. The van der Waals surface area contributed by atoms with Crippen molar-refractivity contribution in [1.29, 1.82) is 0 Å². The van der Waals surface area contributed by atoms with Crippen LogP contribution >= 0.6 is 0 Å². The first-order valence-corrected chi connectivity index (χ1v) is 14.3. The number of halogens is 3. The monoisotopic (exact) mass is 563 g/mol. The van der Waals surface area contributed by atoms with Gasteiger partial charge in [0.1, 0.15) is 5.82 Å². The summed E-state index contributed by atoms with van der Waals surface area (Å²) in [5.74, 6) is -5.16. The zero-order valence-corrected chi connectivity index (χ0v) is 23.4. The molecule has 2 amide bonds. The Morgan fingerprint density at radius 1 is 0.902 bits per heavy atom. The Kier molecular flexibility index (Phi) is 8.38. The van der Waals surface area contributed by atoms with Crippen molar-refractivity contribution in [3.05, 3.63) is 94.8 Å². The molecule has 0 radical (unpaired) electrons. The summed E-state index contributed by atoms with van der Waals surface area (Å²) in [5, 5.41) is 6.37. The van der Waals surface area contributed by atoms with Gasteiger partial charge >= 0.3 is 0 Å². The number of amides is 2. The van der Waals surface area contributed by atoms with Gasteiger partial charge in [0, 0.05) is 36.4 Å². The first kappa shape index (κ1) is 28.7. The molecule has 5 nitrogen and oxygen atoms in total. The Bertz CT molecular complexity index is 1380. The lowest BCUT2D eigenvalue weighted by molar-refractivity contribution is -0.123. The van der Waals surface area contributed by atoms with Crippen molar-refractivity contribution in [2.24, 2.45) is 5.92 Å². The molecule has 0 bridgehead atoms. The van der Waals surface area contributed by atoms with Crippen molar-refractivity contribution < 1.29 is 22.8 Å². The second-order valence-electron chi connectivity index (χ2n) is 11.3. The Labute approximate surface area is 239 Å². The third-order valence-corrected chi connectivity index (χ3v) is 8.28. The number of aryl methyl sites for hydroxylation is 1. The molecule has 3 aromatic rings. The Balaban J connectivity index is 1.47. The van der Waals surface area contributed by atoms with Crippen LogP contribution in [0.3, 0.4) is 0 Å². The van der Waals surface area contributed by atoms with Gasteiger partial charge in [-0.05, 0) is 74.1 Å². The maximum Gasteiger partial charge on any atom is 0.270 e. The number of benzene rings is 3. The number of hydrogen-bond acceptors (Lipinski definition) is 3. The number of alkyl halides is 2. The molecular weight excluding hydrogens is 527 g/mol. The normalized spacial score (nSPS) is 19.7. The molecule has 8 heteroatoms. The highest BCUT2D eigenvalue weighted by molar-refractivity contribution is 5.98. The second-order valence-corrected chi connectivity index (χ2v) is 11.3.